The van der Waals surface area contributed by atoms with E-state index in [9.17, 15) is 0 Å². The van der Waals surface area contributed by atoms with Crippen LogP contribution >= 0.6 is 10.7 Å². The van der Waals surface area contributed by atoms with Crippen LogP contribution in [0.1, 0.15) is 26.3 Å². The zero-order chi connectivity index (χ0) is 10.1. The third kappa shape index (κ3) is 2.68. The summed E-state index contributed by atoms with van der Waals surface area (Å²) in [5, 5.41) is 5.69. The Morgan fingerprint density at radius 3 is 1.92 bits per heavy atom. The van der Waals surface area contributed by atoms with Crippen molar-refractivity contribution in [1.29, 1.82) is 0 Å². The minimum atomic E-state index is -0.364. The van der Waals surface area contributed by atoms with Crippen molar-refractivity contribution in [3.63, 3.8) is 0 Å². The highest BCUT2D eigenvalue weighted by Crippen LogP contribution is 2.25. The molecule has 0 fully saturated rings. The molecule has 0 aromatic heterocycles. The van der Waals surface area contributed by atoms with Gasteiger partial charge in [-0.15, -0.1) is 0 Å². The van der Waals surface area contributed by atoms with Crippen LogP contribution in [0.15, 0.2) is 29.2 Å². The quantitative estimate of drug-likeness (QED) is 0.685. The molecule has 13 heavy (non-hydrogen) atoms. The van der Waals surface area contributed by atoms with E-state index < -0.39 is 0 Å². The molecule has 1 aromatic rings. The number of rotatable bonds is 1. The lowest BCUT2D eigenvalue weighted by Gasteiger charge is -2.19. The Labute approximate surface area is 83.0 Å². The van der Waals surface area contributed by atoms with Gasteiger partial charge in [0, 0.05) is 4.90 Å². The van der Waals surface area contributed by atoms with Gasteiger partial charge in [-0.25, -0.2) is 0 Å². The van der Waals surface area contributed by atoms with Crippen molar-refractivity contribution in [2.24, 2.45) is 5.14 Å². The summed E-state index contributed by atoms with van der Waals surface area (Å²) in [5.74, 6) is 3.81. The van der Waals surface area contributed by atoms with Gasteiger partial charge in [-0.1, -0.05) is 49.4 Å². The van der Waals surface area contributed by atoms with Gasteiger partial charge in [0.1, 0.15) is 0 Å². The maximum absolute atomic E-state index is 5.69. The Bertz CT molecular complexity index is 306. The highest BCUT2D eigenvalue weighted by molar-refractivity contribution is 8.12. The minimum Gasteiger partial charge on any atom is -0.280 e. The molecule has 0 aliphatic rings. The molecule has 0 saturated carbocycles. The summed E-state index contributed by atoms with van der Waals surface area (Å²) in [6.07, 6.45) is 0. The molecule has 0 spiro atoms. The molecule has 0 aliphatic carbocycles. The maximum Gasteiger partial charge on any atom is 0.0150 e. The van der Waals surface area contributed by atoms with Gasteiger partial charge < -0.3 is 0 Å². The Morgan fingerprint density at radius 2 is 1.62 bits per heavy atom. The van der Waals surface area contributed by atoms with Gasteiger partial charge in [0.2, 0.25) is 0 Å². The Kier molecular flexibility index (Phi) is 2.94. The van der Waals surface area contributed by atoms with Crippen LogP contribution in [0.5, 0.6) is 0 Å². The van der Waals surface area contributed by atoms with Crippen LogP contribution in [-0.2, 0) is 5.41 Å². The Hall–Kier alpha value is -0.600. The Balaban J connectivity index is 3.01. The molecule has 1 unspecified atom stereocenters. The van der Waals surface area contributed by atoms with Gasteiger partial charge >= 0.3 is 0 Å². The van der Waals surface area contributed by atoms with Gasteiger partial charge in [-0.05, 0) is 23.1 Å². The van der Waals surface area contributed by atoms with Crippen LogP contribution in [-0.4, -0.2) is 5.87 Å². The Morgan fingerprint density at radius 1 is 1.15 bits per heavy atom. The minimum absolute atomic E-state index is 0.215. The first-order valence-corrected chi connectivity index (χ1v) is 5.76. The van der Waals surface area contributed by atoms with Crippen molar-refractivity contribution in [2.45, 2.75) is 31.1 Å². The molecule has 0 aliphatic heterocycles. The summed E-state index contributed by atoms with van der Waals surface area (Å²) in [5.41, 5.74) is 1.55. The van der Waals surface area contributed by atoms with Crippen LogP contribution in [0, 0.1) is 0 Å². The van der Waals surface area contributed by atoms with Crippen LogP contribution in [0.3, 0.4) is 0 Å². The molecule has 1 rings (SSSR count). The molecule has 0 heterocycles. The van der Waals surface area contributed by atoms with Crippen LogP contribution < -0.4 is 5.14 Å². The van der Waals surface area contributed by atoms with E-state index in [2.05, 4.69) is 50.9 Å². The fourth-order valence-electron chi connectivity index (χ4n) is 1.13. The van der Waals surface area contributed by atoms with E-state index in [1.165, 1.54) is 5.56 Å². The number of hydrogen-bond donors (Lipinski definition) is 1. The van der Waals surface area contributed by atoms with E-state index in [0.717, 1.165) is 4.90 Å². The SMILES string of the molecule is C=S(N)c1ccc(C(C)(C)C)cc1. The van der Waals surface area contributed by atoms with Crippen molar-refractivity contribution in [3.8, 4) is 0 Å². The first-order valence-electron chi connectivity index (χ1n) is 4.30. The molecular weight excluding hydrogens is 178 g/mol. The molecule has 1 nitrogen and oxygen atoms in total. The second-order valence-corrected chi connectivity index (χ2v) is 5.53. The van der Waals surface area contributed by atoms with Gasteiger partial charge in [0.25, 0.3) is 0 Å². The lowest BCUT2D eigenvalue weighted by Crippen LogP contribution is -2.10. The summed E-state index contributed by atoms with van der Waals surface area (Å²) < 4.78 is 0. The number of benzene rings is 1. The van der Waals surface area contributed by atoms with Gasteiger partial charge in [0.05, 0.1) is 0 Å². The van der Waals surface area contributed by atoms with Crippen molar-refractivity contribution >= 4 is 16.5 Å². The predicted octanol–water partition coefficient (Wildman–Crippen LogP) is 2.92. The highest BCUT2D eigenvalue weighted by Gasteiger charge is 2.12. The number of hydrogen-bond acceptors (Lipinski definition) is 1. The highest BCUT2D eigenvalue weighted by atomic mass is 32.2. The van der Waals surface area contributed by atoms with Gasteiger partial charge in [-0.3, -0.25) is 5.14 Å². The average molecular weight is 195 g/mol. The lowest BCUT2D eigenvalue weighted by molar-refractivity contribution is 0.590. The molecule has 2 heteroatoms. The monoisotopic (exact) mass is 195 g/mol. The largest absolute Gasteiger partial charge is 0.280 e. The predicted molar refractivity (Wildman–Crippen MR) is 62.3 cm³/mol. The topological polar surface area (TPSA) is 26.0 Å². The van der Waals surface area contributed by atoms with Crippen molar-refractivity contribution < 1.29 is 0 Å². The van der Waals surface area contributed by atoms with E-state index in [1.54, 1.807) is 0 Å². The first-order chi connectivity index (χ1) is 5.91. The van der Waals surface area contributed by atoms with Crippen LogP contribution in [0.25, 0.3) is 0 Å². The molecule has 0 bridgehead atoms. The van der Waals surface area contributed by atoms with Crippen molar-refractivity contribution in [2.75, 3.05) is 0 Å². The van der Waals surface area contributed by atoms with E-state index >= 15 is 0 Å². The molecule has 72 valence electrons. The van der Waals surface area contributed by atoms with E-state index in [1.807, 2.05) is 0 Å². The van der Waals surface area contributed by atoms with Crippen molar-refractivity contribution in [1.82, 2.24) is 0 Å². The van der Waals surface area contributed by atoms with E-state index in [4.69, 9.17) is 5.14 Å². The number of nitrogens with two attached hydrogens (primary N) is 1. The molecule has 1 atom stereocenters. The van der Waals surface area contributed by atoms with Gasteiger partial charge in [0.15, 0.2) is 0 Å². The lowest BCUT2D eigenvalue weighted by atomic mass is 9.87. The molecule has 0 radical (unpaired) electrons. The first kappa shape index (κ1) is 10.5. The summed E-state index contributed by atoms with van der Waals surface area (Å²) in [6, 6.07) is 8.40. The van der Waals surface area contributed by atoms with Crippen LogP contribution in [0.4, 0.5) is 0 Å². The average Bonchev–Trinajstić information content (AvgIpc) is 2.03. The summed E-state index contributed by atoms with van der Waals surface area (Å²) in [4.78, 5) is 1.12. The maximum atomic E-state index is 5.69. The van der Waals surface area contributed by atoms with E-state index in [-0.39, 0.29) is 16.1 Å². The van der Waals surface area contributed by atoms with Crippen molar-refractivity contribution in [3.05, 3.63) is 29.8 Å². The fourth-order valence-corrected chi connectivity index (χ4v) is 1.62. The summed E-state index contributed by atoms with van der Waals surface area (Å²) in [7, 11) is -0.364. The molecule has 0 amide bonds. The zero-order valence-corrected chi connectivity index (χ0v) is 9.32. The second kappa shape index (κ2) is 3.64. The third-order valence-corrected chi connectivity index (χ3v) is 2.90. The summed E-state index contributed by atoms with van der Waals surface area (Å²) in [6.45, 7) is 6.61. The van der Waals surface area contributed by atoms with Gasteiger partial charge in [-0.2, -0.15) is 0 Å². The summed E-state index contributed by atoms with van der Waals surface area (Å²) >= 11 is 0. The normalized spacial score (nSPS) is 14.2. The van der Waals surface area contributed by atoms with Crippen LogP contribution in [0.2, 0.25) is 0 Å². The molecule has 2 N–H and O–H groups in total. The molecule has 0 saturated heterocycles. The smallest absolute Gasteiger partial charge is 0.0150 e. The standard InChI is InChI=1S/C11H17NS/c1-11(2,3)9-5-7-10(8-6-9)13(4)12/h5-8H,4,12H2,1-3H3. The fraction of sp³-hybridized carbons (Fsp3) is 0.364. The third-order valence-electron chi connectivity index (χ3n) is 2.02. The molecule has 1 aromatic carbocycles. The van der Waals surface area contributed by atoms with E-state index in [0.29, 0.717) is 0 Å². The zero-order valence-electron chi connectivity index (χ0n) is 8.50. The second-order valence-electron chi connectivity index (χ2n) is 4.20. The molecular formula is C11H17NS.